The lowest BCUT2D eigenvalue weighted by molar-refractivity contribution is -0.144. The highest BCUT2D eigenvalue weighted by atomic mass is 35.5. The summed E-state index contributed by atoms with van der Waals surface area (Å²) in [5, 5.41) is -0.611. The Morgan fingerprint density at radius 3 is 2.79 bits per heavy atom. The van der Waals surface area contributed by atoms with E-state index in [1.165, 1.54) is 0 Å². The molecule has 1 aromatic carbocycles. The third kappa shape index (κ3) is 3.28. The number of carbonyl (C=O) groups excluding carboxylic acids is 1. The maximum atomic E-state index is 12.6. The number of halogens is 1. The van der Waals surface area contributed by atoms with Crippen molar-refractivity contribution in [2.75, 3.05) is 13.2 Å². The molecule has 0 radical (unpaired) electrons. The number of rotatable bonds is 3. The van der Waals surface area contributed by atoms with Crippen LogP contribution >= 0.6 is 11.6 Å². The Balaban J connectivity index is 2.13. The number of carbonyl (C=O) groups is 1. The summed E-state index contributed by atoms with van der Waals surface area (Å²) in [7, 11) is 0. The fourth-order valence-electron chi connectivity index (χ4n) is 2.36. The summed E-state index contributed by atoms with van der Waals surface area (Å²) in [5.41, 5.74) is 0.850. The highest BCUT2D eigenvalue weighted by molar-refractivity contribution is 6.30. The van der Waals surface area contributed by atoms with Gasteiger partial charge in [0.2, 0.25) is 5.91 Å². The summed E-state index contributed by atoms with van der Waals surface area (Å²) in [4.78, 5) is 14.4. The summed E-state index contributed by atoms with van der Waals surface area (Å²) < 4.78 is 5.61. The second kappa shape index (κ2) is 6.40. The minimum atomic E-state index is -0.611. The van der Waals surface area contributed by atoms with Crippen molar-refractivity contribution in [2.45, 2.75) is 37.8 Å². The number of benzene rings is 1. The van der Waals surface area contributed by atoms with Crippen LogP contribution in [-0.4, -0.2) is 36.1 Å². The van der Waals surface area contributed by atoms with Crippen LogP contribution in [0.4, 0.5) is 0 Å². The van der Waals surface area contributed by atoms with Crippen LogP contribution in [0.1, 0.15) is 31.2 Å². The second-order valence-electron chi connectivity index (χ2n) is 4.97. The van der Waals surface area contributed by atoms with Gasteiger partial charge in [-0.05, 0) is 18.9 Å². The van der Waals surface area contributed by atoms with Crippen LogP contribution < -0.4 is 0 Å². The maximum Gasteiger partial charge on any atom is 0.245 e. The number of hydrogen-bond acceptors (Lipinski definition) is 2. The summed E-state index contributed by atoms with van der Waals surface area (Å²) in [6, 6.07) is 9.63. The predicted molar refractivity (Wildman–Crippen MR) is 76.2 cm³/mol. The molecule has 0 aromatic heterocycles. The smallest absolute Gasteiger partial charge is 0.245 e. The van der Waals surface area contributed by atoms with Crippen molar-refractivity contribution in [1.82, 2.24) is 4.90 Å². The first-order chi connectivity index (χ1) is 9.13. The fraction of sp³-hybridized carbons (Fsp3) is 0.533. The van der Waals surface area contributed by atoms with Gasteiger partial charge in [-0.3, -0.25) is 4.79 Å². The molecule has 3 nitrogen and oxygen atoms in total. The zero-order valence-corrected chi connectivity index (χ0v) is 12.1. The van der Waals surface area contributed by atoms with E-state index in [1.54, 1.807) is 0 Å². The molecule has 0 bridgehead atoms. The van der Waals surface area contributed by atoms with Gasteiger partial charge in [0.1, 0.15) is 5.38 Å². The van der Waals surface area contributed by atoms with Crippen molar-refractivity contribution in [1.29, 1.82) is 0 Å². The van der Waals surface area contributed by atoms with Crippen LogP contribution in [0, 0.1) is 0 Å². The number of hydrogen-bond donors (Lipinski definition) is 0. The number of alkyl halides is 1. The molecule has 1 aliphatic heterocycles. The molecule has 0 spiro atoms. The first kappa shape index (κ1) is 14.4. The average Bonchev–Trinajstić information content (AvgIpc) is 2.46. The van der Waals surface area contributed by atoms with Gasteiger partial charge in [-0.2, -0.15) is 0 Å². The summed E-state index contributed by atoms with van der Waals surface area (Å²) in [6.45, 7) is 5.27. The summed E-state index contributed by atoms with van der Waals surface area (Å²) in [6.07, 6.45) is 0.961. The zero-order valence-electron chi connectivity index (χ0n) is 11.4. The lowest BCUT2D eigenvalue weighted by atomic mass is 10.1. The summed E-state index contributed by atoms with van der Waals surface area (Å²) in [5.74, 6) is -0.0186. The molecule has 1 saturated heterocycles. The molecular weight excluding hydrogens is 262 g/mol. The Labute approximate surface area is 119 Å². The lowest BCUT2D eigenvalue weighted by Gasteiger charge is -2.39. The minimum Gasteiger partial charge on any atom is -0.375 e. The largest absolute Gasteiger partial charge is 0.375 e. The number of ether oxygens (including phenoxy) is 1. The van der Waals surface area contributed by atoms with E-state index in [1.807, 2.05) is 42.2 Å². The molecule has 0 saturated carbocycles. The van der Waals surface area contributed by atoms with E-state index < -0.39 is 5.38 Å². The monoisotopic (exact) mass is 281 g/mol. The van der Waals surface area contributed by atoms with Crippen molar-refractivity contribution in [2.24, 2.45) is 0 Å². The van der Waals surface area contributed by atoms with Crippen LogP contribution in [0.25, 0.3) is 0 Å². The highest BCUT2D eigenvalue weighted by Crippen LogP contribution is 2.26. The average molecular weight is 282 g/mol. The molecule has 3 atom stereocenters. The third-order valence-electron chi connectivity index (χ3n) is 3.53. The quantitative estimate of drug-likeness (QED) is 0.797. The first-order valence-corrected chi connectivity index (χ1v) is 7.18. The van der Waals surface area contributed by atoms with Crippen LogP contribution in [0.3, 0.4) is 0 Å². The van der Waals surface area contributed by atoms with E-state index in [4.69, 9.17) is 16.3 Å². The number of nitrogens with zero attached hydrogens (tertiary/aromatic N) is 1. The van der Waals surface area contributed by atoms with Crippen LogP contribution in [0.5, 0.6) is 0 Å². The minimum absolute atomic E-state index is 0.0186. The normalized spacial score (nSPS) is 25.1. The molecule has 4 heteroatoms. The van der Waals surface area contributed by atoms with Crippen molar-refractivity contribution >= 4 is 17.5 Å². The van der Waals surface area contributed by atoms with E-state index in [2.05, 4.69) is 6.92 Å². The van der Waals surface area contributed by atoms with Crippen LogP contribution in [0.15, 0.2) is 30.3 Å². The number of morpholine rings is 1. The molecule has 1 heterocycles. The van der Waals surface area contributed by atoms with Gasteiger partial charge in [0, 0.05) is 6.54 Å². The molecule has 2 rings (SSSR count). The molecular formula is C15H20ClNO2. The Morgan fingerprint density at radius 1 is 1.47 bits per heavy atom. The highest BCUT2D eigenvalue weighted by Gasteiger charge is 2.33. The second-order valence-corrected chi connectivity index (χ2v) is 5.41. The van der Waals surface area contributed by atoms with Crippen LogP contribution in [-0.2, 0) is 9.53 Å². The van der Waals surface area contributed by atoms with Gasteiger partial charge in [0.05, 0.1) is 18.8 Å². The zero-order chi connectivity index (χ0) is 13.8. The van der Waals surface area contributed by atoms with Gasteiger partial charge >= 0.3 is 0 Å². The Morgan fingerprint density at radius 2 is 2.16 bits per heavy atom. The van der Waals surface area contributed by atoms with Gasteiger partial charge in [0.25, 0.3) is 0 Å². The van der Waals surface area contributed by atoms with Gasteiger partial charge < -0.3 is 9.64 Å². The van der Waals surface area contributed by atoms with Crippen LogP contribution in [0.2, 0.25) is 0 Å². The SMILES string of the molecule is CCC1COC(C)CN1C(=O)C(Cl)c1ccccc1. The van der Waals surface area contributed by atoms with Crippen molar-refractivity contribution in [3.63, 3.8) is 0 Å². The van der Waals surface area contributed by atoms with E-state index in [9.17, 15) is 4.79 Å². The van der Waals surface area contributed by atoms with Gasteiger partial charge in [-0.1, -0.05) is 37.3 Å². The summed E-state index contributed by atoms with van der Waals surface area (Å²) >= 11 is 6.33. The van der Waals surface area contributed by atoms with Gasteiger partial charge in [-0.15, -0.1) is 11.6 Å². The molecule has 104 valence electrons. The molecule has 1 amide bonds. The predicted octanol–water partition coefficient (Wildman–Crippen LogP) is 2.99. The maximum absolute atomic E-state index is 12.6. The van der Waals surface area contributed by atoms with Crippen molar-refractivity contribution in [3.8, 4) is 0 Å². The molecule has 0 N–H and O–H groups in total. The molecule has 3 unspecified atom stereocenters. The standard InChI is InChI=1S/C15H20ClNO2/c1-3-13-10-19-11(2)9-17(13)15(18)14(16)12-7-5-4-6-8-12/h4-8,11,13-14H,3,9-10H2,1-2H3. The Kier molecular flexibility index (Phi) is 4.83. The molecule has 1 fully saturated rings. The van der Waals surface area contributed by atoms with E-state index in [-0.39, 0.29) is 18.1 Å². The van der Waals surface area contributed by atoms with Crippen molar-refractivity contribution in [3.05, 3.63) is 35.9 Å². The fourth-order valence-corrected chi connectivity index (χ4v) is 2.63. The van der Waals surface area contributed by atoms with Crippen molar-refractivity contribution < 1.29 is 9.53 Å². The molecule has 19 heavy (non-hydrogen) atoms. The van der Waals surface area contributed by atoms with E-state index >= 15 is 0 Å². The van der Waals surface area contributed by atoms with Gasteiger partial charge in [-0.25, -0.2) is 0 Å². The molecule has 1 aromatic rings. The Bertz CT molecular complexity index is 423. The molecule has 1 aliphatic rings. The lowest BCUT2D eigenvalue weighted by Crippen LogP contribution is -2.52. The molecule has 0 aliphatic carbocycles. The van der Waals surface area contributed by atoms with E-state index in [0.717, 1.165) is 12.0 Å². The third-order valence-corrected chi connectivity index (χ3v) is 3.97. The topological polar surface area (TPSA) is 29.5 Å². The van der Waals surface area contributed by atoms with E-state index in [0.29, 0.717) is 13.2 Å². The first-order valence-electron chi connectivity index (χ1n) is 6.74. The van der Waals surface area contributed by atoms with Gasteiger partial charge in [0.15, 0.2) is 0 Å². The number of amides is 1. The Hall–Kier alpha value is -1.06.